The predicted octanol–water partition coefficient (Wildman–Crippen LogP) is 8.01. The maximum absolute atomic E-state index is 10.8. The molecule has 0 aromatic carbocycles. The van der Waals surface area contributed by atoms with E-state index < -0.39 is 36.6 Å². The molecular formula is C39H78N2O5S. The Hall–Kier alpha value is -0.350. The minimum Gasteiger partial charge on any atom is -0.393 e. The van der Waals surface area contributed by atoms with Gasteiger partial charge in [0.1, 0.15) is 6.10 Å². The molecular weight excluding hydrogens is 609 g/mol. The van der Waals surface area contributed by atoms with Crippen LogP contribution in [0.15, 0.2) is 0 Å². The topological polar surface area (TPSA) is 125 Å². The summed E-state index contributed by atoms with van der Waals surface area (Å²) in [5, 5.41) is 57.7. The predicted molar refractivity (Wildman–Crippen MR) is 202 cm³/mol. The van der Waals surface area contributed by atoms with Gasteiger partial charge in [-0.1, -0.05) is 167 Å². The van der Waals surface area contributed by atoms with E-state index in [0.717, 1.165) is 19.3 Å². The number of thiocarbonyl (C=S) groups is 1. The van der Waals surface area contributed by atoms with Crippen LogP contribution in [0.25, 0.3) is 0 Å². The fourth-order valence-corrected chi connectivity index (χ4v) is 7.20. The number of hydrogen-bond acceptors (Lipinski definition) is 7. The molecule has 1 fully saturated rings. The van der Waals surface area contributed by atoms with Gasteiger partial charge in [-0.05, 0) is 32.1 Å². The first-order valence-corrected chi connectivity index (χ1v) is 20.6. The molecule has 0 aliphatic heterocycles. The molecule has 0 saturated heterocycles. The second kappa shape index (κ2) is 30.5. The zero-order valence-electron chi connectivity index (χ0n) is 30.7. The van der Waals surface area contributed by atoms with Crippen LogP contribution in [0.2, 0.25) is 0 Å². The van der Waals surface area contributed by atoms with Gasteiger partial charge in [-0.25, -0.2) is 0 Å². The number of rotatable bonds is 32. The molecule has 47 heavy (non-hydrogen) atoms. The quantitative estimate of drug-likeness (QED) is 0.0281. The van der Waals surface area contributed by atoms with Gasteiger partial charge < -0.3 is 36.2 Å². The van der Waals surface area contributed by atoms with Crippen molar-refractivity contribution in [1.29, 1.82) is 0 Å². The Morgan fingerprint density at radius 1 is 0.617 bits per heavy atom. The lowest BCUT2D eigenvalue weighted by Crippen LogP contribution is -2.58. The fourth-order valence-electron chi connectivity index (χ4n) is 6.90. The van der Waals surface area contributed by atoms with Crippen LogP contribution in [0.3, 0.4) is 0 Å². The van der Waals surface area contributed by atoms with Crippen LogP contribution in [0.4, 0.5) is 0 Å². The highest BCUT2D eigenvalue weighted by Crippen LogP contribution is 2.21. The van der Waals surface area contributed by atoms with Gasteiger partial charge >= 0.3 is 0 Å². The molecule has 1 saturated carbocycles. The first-order valence-electron chi connectivity index (χ1n) is 20.2. The number of aliphatic hydroxyl groups is 5. The van der Waals surface area contributed by atoms with Crippen LogP contribution in [0.1, 0.15) is 194 Å². The van der Waals surface area contributed by atoms with Crippen molar-refractivity contribution in [2.45, 2.75) is 236 Å². The van der Waals surface area contributed by atoms with E-state index in [2.05, 4.69) is 17.6 Å². The van der Waals surface area contributed by atoms with Crippen molar-refractivity contribution >= 4 is 17.2 Å². The summed E-state index contributed by atoms with van der Waals surface area (Å²) in [6, 6.07) is -0.789. The summed E-state index contributed by atoms with van der Waals surface area (Å²) in [5.41, 5.74) is 0. The van der Waals surface area contributed by atoms with Gasteiger partial charge in [0.25, 0.3) is 0 Å². The Bertz CT molecular complexity index is 717. The second-order valence-corrected chi connectivity index (χ2v) is 15.2. The number of aliphatic hydroxyl groups excluding tert-OH is 5. The molecule has 7 N–H and O–H groups in total. The third-order valence-corrected chi connectivity index (χ3v) is 10.7. The Kier molecular flexibility index (Phi) is 29.0. The highest BCUT2D eigenvalue weighted by atomic mass is 32.1. The van der Waals surface area contributed by atoms with Crippen molar-refractivity contribution in [3.05, 3.63) is 0 Å². The lowest BCUT2D eigenvalue weighted by molar-refractivity contribution is -0.0985. The molecule has 7 unspecified atom stereocenters. The van der Waals surface area contributed by atoms with Crippen molar-refractivity contribution in [3.63, 3.8) is 0 Å². The fraction of sp³-hybridized carbons (Fsp3) is 0.974. The normalized spacial score (nSPS) is 21.9. The summed E-state index contributed by atoms with van der Waals surface area (Å²) < 4.78 is 0. The lowest BCUT2D eigenvalue weighted by Gasteiger charge is -2.37. The number of unbranched alkanes of at least 4 members (excludes halogenated alkanes) is 22. The molecule has 1 aliphatic rings. The monoisotopic (exact) mass is 687 g/mol. The maximum atomic E-state index is 10.8. The average Bonchev–Trinajstić information content (AvgIpc) is 3.06. The van der Waals surface area contributed by atoms with Crippen molar-refractivity contribution in [2.24, 2.45) is 0 Å². The highest BCUT2D eigenvalue weighted by molar-refractivity contribution is 7.80. The zero-order valence-corrected chi connectivity index (χ0v) is 31.5. The van der Waals surface area contributed by atoms with E-state index in [9.17, 15) is 25.5 Å². The van der Waals surface area contributed by atoms with Crippen LogP contribution >= 0.6 is 12.2 Å². The molecule has 280 valence electrons. The van der Waals surface area contributed by atoms with Crippen molar-refractivity contribution < 1.29 is 25.5 Å². The smallest absolute Gasteiger partial charge is 0.107 e. The van der Waals surface area contributed by atoms with E-state index in [1.54, 1.807) is 0 Å². The first kappa shape index (κ1) is 44.7. The molecule has 1 rings (SSSR count). The average molecular weight is 687 g/mol. The summed E-state index contributed by atoms with van der Waals surface area (Å²) in [4.78, 5) is 0.713. The van der Waals surface area contributed by atoms with Crippen LogP contribution < -0.4 is 10.6 Å². The third kappa shape index (κ3) is 23.6. The first-order chi connectivity index (χ1) is 22.8. The van der Waals surface area contributed by atoms with Crippen LogP contribution in [-0.4, -0.2) is 79.7 Å². The summed E-state index contributed by atoms with van der Waals surface area (Å²) in [6.07, 6.45) is 29.5. The standard InChI is InChI=1S/C39H78N2O5S/c1-3-5-6-7-8-9-10-11-12-13-14-15-16-17-18-19-20-21-22-23-24-25-26-27-37(47)41-34(36(44)30-32(42)4-2)31-40-33-28-29-35(43)39(46)38(33)45/h32-36,38-40,42-46H,3-31H2,1-2H3,(H,41,47). The van der Waals surface area contributed by atoms with Crippen LogP contribution in [-0.2, 0) is 0 Å². The minimum absolute atomic E-state index is 0.243. The van der Waals surface area contributed by atoms with E-state index in [1.807, 2.05) is 6.92 Å². The molecule has 0 heterocycles. The summed E-state index contributed by atoms with van der Waals surface area (Å²) in [6.45, 7) is 4.51. The molecule has 0 aromatic rings. The zero-order chi connectivity index (χ0) is 34.5. The molecule has 1 aliphatic carbocycles. The molecule has 0 radical (unpaired) electrons. The van der Waals surface area contributed by atoms with E-state index >= 15 is 0 Å². The highest BCUT2D eigenvalue weighted by Gasteiger charge is 2.36. The lowest BCUT2D eigenvalue weighted by atomic mass is 9.87. The summed E-state index contributed by atoms with van der Waals surface area (Å²) in [5.74, 6) is 0. The molecule has 0 amide bonds. The molecule has 8 heteroatoms. The molecule has 7 atom stereocenters. The Morgan fingerprint density at radius 2 is 1.04 bits per heavy atom. The Morgan fingerprint density at radius 3 is 1.47 bits per heavy atom. The van der Waals surface area contributed by atoms with Gasteiger partial charge in [0.15, 0.2) is 0 Å². The van der Waals surface area contributed by atoms with Gasteiger partial charge in [0, 0.05) is 19.0 Å². The SMILES string of the molecule is CCCCCCCCCCCCCCCCCCCCCCCCCC(=S)NC(CNC1CCC(O)C(O)C1O)C(O)CC(O)CC. The molecule has 0 bridgehead atoms. The van der Waals surface area contributed by atoms with Crippen molar-refractivity contribution in [1.82, 2.24) is 10.6 Å². The third-order valence-electron chi connectivity index (χ3n) is 10.3. The van der Waals surface area contributed by atoms with Crippen molar-refractivity contribution in [3.8, 4) is 0 Å². The molecule has 7 nitrogen and oxygen atoms in total. The van der Waals surface area contributed by atoms with Gasteiger partial charge in [-0.3, -0.25) is 0 Å². The van der Waals surface area contributed by atoms with Crippen LogP contribution in [0, 0.1) is 0 Å². The van der Waals surface area contributed by atoms with Gasteiger partial charge in [-0.2, -0.15) is 0 Å². The van der Waals surface area contributed by atoms with E-state index in [-0.39, 0.29) is 12.5 Å². The molecule has 0 spiro atoms. The second-order valence-electron chi connectivity index (χ2n) is 14.7. The van der Waals surface area contributed by atoms with E-state index in [0.29, 0.717) is 30.8 Å². The van der Waals surface area contributed by atoms with E-state index in [4.69, 9.17) is 12.2 Å². The van der Waals surface area contributed by atoms with Crippen LogP contribution in [0.5, 0.6) is 0 Å². The van der Waals surface area contributed by atoms with E-state index in [1.165, 1.54) is 135 Å². The number of nitrogens with one attached hydrogen (secondary N) is 2. The van der Waals surface area contributed by atoms with Gasteiger partial charge in [0.2, 0.25) is 0 Å². The largest absolute Gasteiger partial charge is 0.393 e. The summed E-state index contributed by atoms with van der Waals surface area (Å²) in [7, 11) is 0. The Labute approximate surface area is 295 Å². The van der Waals surface area contributed by atoms with Gasteiger partial charge in [-0.15, -0.1) is 0 Å². The number of hydrogen-bond donors (Lipinski definition) is 7. The van der Waals surface area contributed by atoms with Gasteiger partial charge in [0.05, 0.1) is 35.4 Å². The van der Waals surface area contributed by atoms with Crippen molar-refractivity contribution in [2.75, 3.05) is 6.54 Å². The summed E-state index contributed by atoms with van der Waals surface area (Å²) >= 11 is 5.62. The molecule has 0 aromatic heterocycles. The maximum Gasteiger partial charge on any atom is 0.107 e. The minimum atomic E-state index is -1.18. The Balaban J connectivity index is 2.02.